The van der Waals surface area contributed by atoms with Gasteiger partial charge in [-0.1, -0.05) is 39.7 Å². The highest BCUT2D eigenvalue weighted by Gasteiger charge is 2.35. The highest BCUT2D eigenvalue weighted by Crippen LogP contribution is 2.35. The highest BCUT2D eigenvalue weighted by atomic mass is 79.9. The zero-order valence-corrected chi connectivity index (χ0v) is 18.7. The maximum Gasteiger partial charge on any atom is 0.329 e. The van der Waals surface area contributed by atoms with Crippen LogP contribution in [0.2, 0.25) is 5.02 Å². The largest absolute Gasteiger partial charge is 0.490 e. The number of halogens is 2. The van der Waals surface area contributed by atoms with Crippen molar-refractivity contribution in [1.29, 1.82) is 0 Å². The molecule has 1 fully saturated rings. The second-order valence-corrected chi connectivity index (χ2v) is 7.73. The number of nitrogens with one attached hydrogen (secondary N) is 1. The first-order chi connectivity index (χ1) is 14.8. The predicted molar refractivity (Wildman–Crippen MR) is 117 cm³/mol. The lowest BCUT2D eigenvalue weighted by Gasteiger charge is -2.14. The SMILES string of the molecule is CCOc1cc(/C=C2/NC(=O)N(CC(=O)O)C2=O)c(Br)cc1OCc1ccc(Cl)cc1. The third kappa shape index (κ3) is 5.56. The topological polar surface area (TPSA) is 105 Å². The summed E-state index contributed by atoms with van der Waals surface area (Å²) in [6.45, 7) is 1.79. The number of urea groups is 1. The Morgan fingerprint density at radius 2 is 1.87 bits per heavy atom. The number of carbonyl (C=O) groups is 3. The first-order valence-electron chi connectivity index (χ1n) is 9.18. The normalized spacial score (nSPS) is 14.7. The summed E-state index contributed by atoms with van der Waals surface area (Å²) in [5.74, 6) is -1.07. The molecule has 8 nitrogen and oxygen atoms in total. The van der Waals surface area contributed by atoms with Crippen LogP contribution in [0.5, 0.6) is 11.5 Å². The quantitative estimate of drug-likeness (QED) is 0.411. The van der Waals surface area contributed by atoms with Gasteiger partial charge in [-0.15, -0.1) is 0 Å². The second-order valence-electron chi connectivity index (χ2n) is 6.44. The Hall–Kier alpha value is -3.04. The van der Waals surface area contributed by atoms with Crippen LogP contribution in [0.25, 0.3) is 6.08 Å². The molecule has 2 aromatic rings. The van der Waals surface area contributed by atoms with Gasteiger partial charge in [-0.25, -0.2) is 9.69 Å². The van der Waals surface area contributed by atoms with E-state index in [1.807, 2.05) is 19.1 Å². The van der Waals surface area contributed by atoms with E-state index >= 15 is 0 Å². The molecule has 0 atom stereocenters. The van der Waals surface area contributed by atoms with Crippen LogP contribution in [-0.4, -0.2) is 41.1 Å². The van der Waals surface area contributed by atoms with Crippen molar-refractivity contribution in [3.63, 3.8) is 0 Å². The van der Waals surface area contributed by atoms with E-state index in [0.717, 1.165) is 5.56 Å². The minimum Gasteiger partial charge on any atom is -0.490 e. The molecule has 3 rings (SSSR count). The van der Waals surface area contributed by atoms with E-state index in [4.69, 9.17) is 26.2 Å². The van der Waals surface area contributed by atoms with Gasteiger partial charge in [0.2, 0.25) is 0 Å². The minimum absolute atomic E-state index is 0.0377. The lowest BCUT2D eigenvalue weighted by atomic mass is 10.1. The molecule has 3 amide bonds. The Morgan fingerprint density at radius 3 is 2.52 bits per heavy atom. The van der Waals surface area contributed by atoms with Gasteiger partial charge in [0, 0.05) is 9.50 Å². The number of hydrogen-bond donors (Lipinski definition) is 2. The summed E-state index contributed by atoms with van der Waals surface area (Å²) >= 11 is 9.34. The van der Waals surface area contributed by atoms with Gasteiger partial charge in [-0.2, -0.15) is 0 Å². The third-order valence-corrected chi connectivity index (χ3v) is 5.16. The first kappa shape index (κ1) is 22.6. The molecule has 0 aliphatic carbocycles. The summed E-state index contributed by atoms with van der Waals surface area (Å²) < 4.78 is 12.2. The fourth-order valence-electron chi connectivity index (χ4n) is 2.79. The molecule has 0 radical (unpaired) electrons. The zero-order chi connectivity index (χ0) is 22.5. The van der Waals surface area contributed by atoms with E-state index < -0.39 is 24.5 Å². The molecule has 0 aromatic heterocycles. The van der Waals surface area contributed by atoms with Crippen LogP contribution in [0, 0.1) is 0 Å². The summed E-state index contributed by atoms with van der Waals surface area (Å²) in [4.78, 5) is 35.7. The number of nitrogens with zero attached hydrogens (tertiary/aromatic N) is 1. The van der Waals surface area contributed by atoms with E-state index in [-0.39, 0.29) is 5.70 Å². The number of hydrogen-bond acceptors (Lipinski definition) is 5. The number of benzene rings is 2. The summed E-state index contributed by atoms with van der Waals surface area (Å²) in [5, 5.41) is 11.9. The number of carbonyl (C=O) groups excluding carboxylic acids is 2. The molecule has 0 saturated carbocycles. The molecule has 2 N–H and O–H groups in total. The number of imide groups is 1. The van der Waals surface area contributed by atoms with Crippen LogP contribution < -0.4 is 14.8 Å². The third-order valence-electron chi connectivity index (χ3n) is 4.23. The van der Waals surface area contributed by atoms with Gasteiger partial charge in [-0.05, 0) is 48.4 Å². The molecule has 162 valence electrons. The van der Waals surface area contributed by atoms with Crippen LogP contribution in [0.1, 0.15) is 18.1 Å². The number of amides is 3. The van der Waals surface area contributed by atoms with Crippen LogP contribution in [0.4, 0.5) is 4.79 Å². The first-order valence-corrected chi connectivity index (χ1v) is 10.4. The van der Waals surface area contributed by atoms with Crippen LogP contribution >= 0.6 is 27.5 Å². The Kier molecular flexibility index (Phi) is 7.19. The molecule has 1 aliphatic heterocycles. The fourth-order valence-corrected chi connectivity index (χ4v) is 3.35. The van der Waals surface area contributed by atoms with E-state index in [9.17, 15) is 14.4 Å². The fraction of sp³-hybridized carbons (Fsp3) is 0.190. The molecule has 0 unspecified atom stereocenters. The van der Waals surface area contributed by atoms with E-state index in [1.54, 1.807) is 24.3 Å². The standard InChI is InChI=1S/C21H18BrClN2O6/c1-2-30-17-8-13(7-16-20(28)25(10-19(26)27)21(29)24-16)15(22)9-18(17)31-11-12-3-5-14(23)6-4-12/h3-9H,2,10-11H2,1H3,(H,24,29)(H,26,27)/b16-7+. The molecule has 31 heavy (non-hydrogen) atoms. The lowest BCUT2D eigenvalue weighted by Crippen LogP contribution is -2.35. The molecule has 1 aliphatic rings. The molecule has 0 spiro atoms. The van der Waals surface area contributed by atoms with E-state index in [2.05, 4.69) is 21.2 Å². The van der Waals surface area contributed by atoms with Gasteiger partial charge >= 0.3 is 12.0 Å². The zero-order valence-electron chi connectivity index (χ0n) is 16.4. The molecule has 0 bridgehead atoms. The van der Waals surface area contributed by atoms with Crippen molar-refractivity contribution in [2.75, 3.05) is 13.2 Å². The number of carboxylic acids is 1. The maximum absolute atomic E-state index is 12.4. The van der Waals surface area contributed by atoms with Gasteiger partial charge in [0.05, 0.1) is 6.61 Å². The lowest BCUT2D eigenvalue weighted by molar-refractivity contribution is -0.140. The van der Waals surface area contributed by atoms with Gasteiger partial charge in [0.15, 0.2) is 11.5 Å². The second kappa shape index (κ2) is 9.84. The van der Waals surface area contributed by atoms with Crippen LogP contribution in [0.3, 0.4) is 0 Å². The van der Waals surface area contributed by atoms with Crippen LogP contribution in [-0.2, 0) is 16.2 Å². The van der Waals surface area contributed by atoms with E-state index in [0.29, 0.717) is 44.7 Å². The van der Waals surface area contributed by atoms with Gasteiger partial charge < -0.3 is 19.9 Å². The minimum atomic E-state index is -1.29. The average molecular weight is 510 g/mol. The molecule has 10 heteroatoms. The Bertz CT molecular complexity index is 1050. The molecular formula is C21H18BrClN2O6. The molecule has 2 aromatic carbocycles. The van der Waals surface area contributed by atoms with Gasteiger partial charge in [0.25, 0.3) is 5.91 Å². The van der Waals surface area contributed by atoms with Crippen molar-refractivity contribution in [1.82, 2.24) is 10.2 Å². The summed E-state index contributed by atoms with van der Waals surface area (Å²) in [5.41, 5.74) is 1.43. The monoisotopic (exact) mass is 508 g/mol. The summed E-state index contributed by atoms with van der Waals surface area (Å²) in [6, 6.07) is 9.83. The molecule has 1 saturated heterocycles. The van der Waals surface area contributed by atoms with Crippen molar-refractivity contribution in [2.24, 2.45) is 0 Å². The van der Waals surface area contributed by atoms with Crippen LogP contribution in [0.15, 0.2) is 46.6 Å². The van der Waals surface area contributed by atoms with Gasteiger partial charge in [-0.3, -0.25) is 9.59 Å². The Balaban J connectivity index is 1.85. The van der Waals surface area contributed by atoms with Gasteiger partial charge in [0.1, 0.15) is 18.8 Å². The van der Waals surface area contributed by atoms with Crippen molar-refractivity contribution in [3.8, 4) is 11.5 Å². The average Bonchev–Trinajstić information content (AvgIpc) is 2.97. The van der Waals surface area contributed by atoms with Crippen molar-refractivity contribution >= 4 is 51.5 Å². The predicted octanol–water partition coefficient (Wildman–Crippen LogP) is 4.06. The van der Waals surface area contributed by atoms with Crippen molar-refractivity contribution < 1.29 is 29.0 Å². The van der Waals surface area contributed by atoms with Crippen molar-refractivity contribution in [2.45, 2.75) is 13.5 Å². The van der Waals surface area contributed by atoms with Crippen molar-refractivity contribution in [3.05, 3.63) is 62.7 Å². The highest BCUT2D eigenvalue weighted by molar-refractivity contribution is 9.10. The number of aliphatic carboxylic acids is 1. The Labute approximate surface area is 191 Å². The van der Waals surface area contributed by atoms with E-state index in [1.165, 1.54) is 6.08 Å². The Morgan fingerprint density at radius 1 is 1.19 bits per heavy atom. The summed E-state index contributed by atoms with van der Waals surface area (Å²) in [6.07, 6.45) is 1.44. The maximum atomic E-state index is 12.4. The number of ether oxygens (including phenoxy) is 2. The molecular weight excluding hydrogens is 492 g/mol. The molecule has 1 heterocycles. The summed E-state index contributed by atoms with van der Waals surface area (Å²) in [7, 11) is 0. The number of carboxylic acid groups (broad SMARTS) is 1. The number of rotatable bonds is 8. The smallest absolute Gasteiger partial charge is 0.329 e.